The van der Waals surface area contributed by atoms with Crippen LogP contribution in [0.15, 0.2) is 12.3 Å². The third-order valence-electron chi connectivity index (χ3n) is 2.78. The second kappa shape index (κ2) is 5.37. The van der Waals surface area contributed by atoms with Gasteiger partial charge in [-0.05, 0) is 24.8 Å². The zero-order valence-electron chi connectivity index (χ0n) is 9.08. The van der Waals surface area contributed by atoms with E-state index in [2.05, 4.69) is 10.3 Å². The lowest BCUT2D eigenvalue weighted by Crippen LogP contribution is -2.23. The smallest absolute Gasteiger partial charge is 0.149 e. The number of pyridine rings is 1. The highest BCUT2D eigenvalue weighted by Gasteiger charge is 2.13. The van der Waals surface area contributed by atoms with Gasteiger partial charge in [-0.3, -0.25) is 0 Å². The second-order valence-electron chi connectivity index (χ2n) is 4.03. The zero-order chi connectivity index (χ0) is 11.4. The van der Waals surface area contributed by atoms with Crippen molar-refractivity contribution in [2.45, 2.75) is 12.8 Å². The van der Waals surface area contributed by atoms with Gasteiger partial charge in [-0.15, -0.1) is 0 Å². The molecule has 0 atom stereocenters. The van der Waals surface area contributed by atoms with Crippen LogP contribution in [0.1, 0.15) is 12.8 Å². The van der Waals surface area contributed by atoms with Gasteiger partial charge in [0.25, 0.3) is 0 Å². The summed E-state index contributed by atoms with van der Waals surface area (Å²) in [6, 6.07) is 1.71. The highest BCUT2D eigenvalue weighted by molar-refractivity contribution is 6.30. The molecule has 0 saturated carbocycles. The molecule has 0 bridgehead atoms. The van der Waals surface area contributed by atoms with Crippen LogP contribution in [-0.4, -0.2) is 24.7 Å². The lowest BCUT2D eigenvalue weighted by molar-refractivity contribution is 0.0699. The predicted octanol–water partition coefficient (Wildman–Crippen LogP) is 2.16. The van der Waals surface area contributed by atoms with Gasteiger partial charge in [0.05, 0.1) is 10.7 Å². The van der Waals surface area contributed by atoms with Gasteiger partial charge >= 0.3 is 0 Å². The van der Waals surface area contributed by atoms with E-state index in [0.29, 0.717) is 16.6 Å². The summed E-state index contributed by atoms with van der Waals surface area (Å²) in [5, 5.41) is 3.82. The maximum absolute atomic E-state index is 5.80. The first-order valence-electron chi connectivity index (χ1n) is 5.48. The van der Waals surface area contributed by atoms with Crippen LogP contribution in [0.3, 0.4) is 0 Å². The molecule has 0 unspecified atom stereocenters. The summed E-state index contributed by atoms with van der Waals surface area (Å²) >= 11 is 5.78. The van der Waals surface area contributed by atoms with Crippen molar-refractivity contribution in [3.8, 4) is 0 Å². The molecule has 0 amide bonds. The Balaban J connectivity index is 1.88. The molecule has 3 N–H and O–H groups in total. The minimum atomic E-state index is 0.564. The predicted molar refractivity (Wildman–Crippen MR) is 65.7 cm³/mol. The summed E-state index contributed by atoms with van der Waals surface area (Å²) in [6.45, 7) is 2.61. The number of nitrogens with two attached hydrogens (primary N) is 1. The van der Waals surface area contributed by atoms with Crippen molar-refractivity contribution < 1.29 is 4.74 Å². The first-order chi connectivity index (χ1) is 7.75. The average Bonchev–Trinajstić information content (AvgIpc) is 2.29. The van der Waals surface area contributed by atoms with Gasteiger partial charge in [0, 0.05) is 26.0 Å². The monoisotopic (exact) mass is 241 g/mol. The Morgan fingerprint density at radius 1 is 1.50 bits per heavy atom. The highest BCUT2D eigenvalue weighted by Crippen LogP contribution is 2.21. The Labute approximate surface area is 100 Å². The standard InChI is InChI=1S/C11H16ClN3O/c12-9-5-10(13)11(15-7-9)14-6-8-1-3-16-4-2-8/h5,7-8H,1-4,6,13H2,(H,14,15). The maximum atomic E-state index is 5.80. The quantitative estimate of drug-likeness (QED) is 0.852. The topological polar surface area (TPSA) is 60.2 Å². The molecule has 1 saturated heterocycles. The Hall–Kier alpha value is -1.00. The van der Waals surface area contributed by atoms with Crippen molar-refractivity contribution in [2.24, 2.45) is 5.92 Å². The number of ether oxygens (including phenoxy) is 1. The van der Waals surface area contributed by atoms with E-state index < -0.39 is 0 Å². The number of halogens is 1. The molecule has 2 rings (SSSR count). The molecular formula is C11H16ClN3O. The molecule has 1 aliphatic rings. The normalized spacial score (nSPS) is 17.3. The van der Waals surface area contributed by atoms with E-state index >= 15 is 0 Å². The first-order valence-corrected chi connectivity index (χ1v) is 5.86. The van der Waals surface area contributed by atoms with Crippen molar-refractivity contribution in [3.63, 3.8) is 0 Å². The summed E-state index contributed by atoms with van der Waals surface area (Å²) in [4.78, 5) is 4.16. The fourth-order valence-corrected chi connectivity index (χ4v) is 1.96. The summed E-state index contributed by atoms with van der Waals surface area (Å²) in [5.41, 5.74) is 6.40. The van der Waals surface area contributed by atoms with Crippen LogP contribution >= 0.6 is 11.6 Å². The summed E-state index contributed by atoms with van der Waals surface area (Å²) < 4.78 is 5.31. The van der Waals surface area contributed by atoms with E-state index in [0.717, 1.165) is 38.4 Å². The lowest BCUT2D eigenvalue weighted by atomic mass is 10.0. The molecule has 5 heteroatoms. The van der Waals surface area contributed by atoms with Crippen molar-refractivity contribution >= 4 is 23.1 Å². The van der Waals surface area contributed by atoms with E-state index in [-0.39, 0.29) is 0 Å². The van der Waals surface area contributed by atoms with Gasteiger partial charge in [-0.25, -0.2) is 4.98 Å². The maximum Gasteiger partial charge on any atom is 0.149 e. The SMILES string of the molecule is Nc1cc(Cl)cnc1NCC1CCOCC1. The molecule has 1 aromatic heterocycles. The highest BCUT2D eigenvalue weighted by atomic mass is 35.5. The van der Waals surface area contributed by atoms with Gasteiger partial charge in [0.2, 0.25) is 0 Å². The minimum absolute atomic E-state index is 0.564. The van der Waals surface area contributed by atoms with Crippen molar-refractivity contribution in [1.29, 1.82) is 0 Å². The molecule has 1 fully saturated rings. The number of anilines is 2. The number of hydrogen-bond donors (Lipinski definition) is 2. The molecule has 0 aromatic carbocycles. The van der Waals surface area contributed by atoms with Crippen molar-refractivity contribution in [1.82, 2.24) is 4.98 Å². The number of nitrogen functional groups attached to an aromatic ring is 1. The molecule has 88 valence electrons. The van der Waals surface area contributed by atoms with Crippen LogP contribution in [0, 0.1) is 5.92 Å². The van der Waals surface area contributed by atoms with Crippen LogP contribution in [0.2, 0.25) is 5.02 Å². The molecule has 16 heavy (non-hydrogen) atoms. The van der Waals surface area contributed by atoms with E-state index in [1.165, 1.54) is 0 Å². The summed E-state index contributed by atoms with van der Waals surface area (Å²) in [6.07, 6.45) is 3.80. The van der Waals surface area contributed by atoms with Crippen LogP contribution in [-0.2, 0) is 4.74 Å². The third kappa shape index (κ3) is 3.00. The largest absolute Gasteiger partial charge is 0.396 e. The Bertz CT molecular complexity index is 353. The molecule has 2 heterocycles. The fourth-order valence-electron chi connectivity index (χ4n) is 1.79. The van der Waals surface area contributed by atoms with Crippen LogP contribution < -0.4 is 11.1 Å². The Kier molecular flexibility index (Phi) is 3.85. The molecule has 0 radical (unpaired) electrons. The Morgan fingerprint density at radius 3 is 2.94 bits per heavy atom. The fraction of sp³-hybridized carbons (Fsp3) is 0.545. The molecule has 0 aliphatic carbocycles. The van der Waals surface area contributed by atoms with Gasteiger partial charge < -0.3 is 15.8 Å². The number of aromatic nitrogens is 1. The average molecular weight is 242 g/mol. The first kappa shape index (κ1) is 11.5. The number of rotatable bonds is 3. The van der Waals surface area contributed by atoms with Crippen molar-refractivity contribution in [2.75, 3.05) is 30.8 Å². The van der Waals surface area contributed by atoms with Crippen LogP contribution in [0.5, 0.6) is 0 Å². The Morgan fingerprint density at radius 2 is 2.25 bits per heavy atom. The van der Waals surface area contributed by atoms with Gasteiger partial charge in [0.1, 0.15) is 5.82 Å². The molecular weight excluding hydrogens is 226 g/mol. The zero-order valence-corrected chi connectivity index (χ0v) is 9.83. The summed E-state index contributed by atoms with van der Waals surface area (Å²) in [5.74, 6) is 1.36. The van der Waals surface area contributed by atoms with Gasteiger partial charge in [0.15, 0.2) is 0 Å². The summed E-state index contributed by atoms with van der Waals surface area (Å²) in [7, 11) is 0. The molecule has 4 nitrogen and oxygen atoms in total. The van der Waals surface area contributed by atoms with Crippen LogP contribution in [0.25, 0.3) is 0 Å². The second-order valence-corrected chi connectivity index (χ2v) is 4.46. The van der Waals surface area contributed by atoms with E-state index in [9.17, 15) is 0 Å². The molecule has 1 aliphatic heterocycles. The number of hydrogen-bond acceptors (Lipinski definition) is 4. The van der Waals surface area contributed by atoms with E-state index in [4.69, 9.17) is 22.1 Å². The van der Waals surface area contributed by atoms with Gasteiger partial charge in [-0.1, -0.05) is 11.6 Å². The van der Waals surface area contributed by atoms with Crippen LogP contribution in [0.4, 0.5) is 11.5 Å². The van der Waals surface area contributed by atoms with E-state index in [1.54, 1.807) is 12.3 Å². The lowest BCUT2D eigenvalue weighted by Gasteiger charge is -2.22. The van der Waals surface area contributed by atoms with Crippen molar-refractivity contribution in [3.05, 3.63) is 17.3 Å². The third-order valence-corrected chi connectivity index (χ3v) is 2.99. The van der Waals surface area contributed by atoms with E-state index in [1.807, 2.05) is 0 Å². The van der Waals surface area contributed by atoms with Gasteiger partial charge in [-0.2, -0.15) is 0 Å². The number of nitrogens with one attached hydrogen (secondary N) is 1. The number of nitrogens with zero attached hydrogens (tertiary/aromatic N) is 1. The minimum Gasteiger partial charge on any atom is -0.396 e. The molecule has 0 spiro atoms. The molecule has 1 aromatic rings.